The molecule has 1 fully saturated rings. The average molecular weight is 287 g/mol. The number of aldehydes is 1. The van der Waals surface area contributed by atoms with Crippen LogP contribution in [0.1, 0.15) is 11.6 Å². The van der Waals surface area contributed by atoms with Crippen molar-refractivity contribution in [2.75, 3.05) is 32.7 Å². The van der Waals surface area contributed by atoms with Gasteiger partial charge in [-0.2, -0.15) is 13.2 Å². The molecule has 0 saturated carbocycles. The first kappa shape index (κ1) is 14.9. The Kier molecular flexibility index (Phi) is 4.72. The van der Waals surface area contributed by atoms with E-state index in [2.05, 4.69) is 4.98 Å². The zero-order valence-corrected chi connectivity index (χ0v) is 10.9. The summed E-state index contributed by atoms with van der Waals surface area (Å²) in [5.74, 6) is -0.395. The van der Waals surface area contributed by atoms with E-state index in [0.29, 0.717) is 30.2 Å². The first-order valence-corrected chi connectivity index (χ1v) is 6.41. The molecule has 110 valence electrons. The van der Waals surface area contributed by atoms with Crippen LogP contribution in [-0.2, 0) is 4.79 Å². The summed E-state index contributed by atoms with van der Waals surface area (Å²) in [5.41, 5.74) is 0.653. The number of alkyl halides is 3. The average Bonchev–Trinajstić information content (AvgIpc) is 2.45. The van der Waals surface area contributed by atoms with Crippen LogP contribution in [0.5, 0.6) is 0 Å². The maximum absolute atomic E-state index is 12.5. The molecule has 2 rings (SSSR count). The molecule has 7 heteroatoms. The van der Waals surface area contributed by atoms with E-state index in [1.165, 1.54) is 0 Å². The van der Waals surface area contributed by atoms with Crippen LogP contribution >= 0.6 is 0 Å². The normalized spacial score (nSPS) is 19.8. The molecular weight excluding hydrogens is 271 g/mol. The summed E-state index contributed by atoms with van der Waals surface area (Å²) in [6.07, 6.45) is -1.86. The van der Waals surface area contributed by atoms with Gasteiger partial charge in [0.15, 0.2) is 0 Å². The molecule has 4 nitrogen and oxygen atoms in total. The molecule has 0 spiro atoms. The van der Waals surface area contributed by atoms with Gasteiger partial charge in [0.05, 0.1) is 11.6 Å². The van der Waals surface area contributed by atoms with E-state index in [1.54, 1.807) is 24.4 Å². The van der Waals surface area contributed by atoms with Gasteiger partial charge < -0.3 is 4.79 Å². The molecule has 1 atom stereocenters. The fourth-order valence-electron chi connectivity index (χ4n) is 2.26. The van der Waals surface area contributed by atoms with Crippen LogP contribution in [0.15, 0.2) is 24.4 Å². The summed E-state index contributed by atoms with van der Waals surface area (Å²) in [5, 5.41) is 0. The summed E-state index contributed by atoms with van der Waals surface area (Å²) in [7, 11) is 0. The minimum absolute atomic E-state index is 0.0582. The molecule has 0 aliphatic carbocycles. The molecule has 1 unspecified atom stereocenters. The summed E-state index contributed by atoms with van der Waals surface area (Å²) in [6, 6.07) is 5.30. The quantitative estimate of drug-likeness (QED) is 0.621. The van der Waals surface area contributed by atoms with Crippen molar-refractivity contribution in [3.8, 4) is 0 Å². The Labute approximate surface area is 115 Å². The van der Waals surface area contributed by atoms with Crippen LogP contribution in [0.3, 0.4) is 0 Å². The van der Waals surface area contributed by atoms with E-state index in [4.69, 9.17) is 0 Å². The second-order valence-electron chi connectivity index (χ2n) is 4.75. The molecule has 20 heavy (non-hydrogen) atoms. The van der Waals surface area contributed by atoms with Gasteiger partial charge in [0, 0.05) is 38.9 Å². The number of nitrogens with zero attached hydrogens (tertiary/aromatic N) is 3. The molecule has 0 radical (unpaired) electrons. The molecule has 0 amide bonds. The molecule has 1 aliphatic rings. The highest BCUT2D eigenvalue weighted by molar-refractivity contribution is 5.61. The third kappa shape index (κ3) is 3.77. The molecule has 0 aromatic carbocycles. The monoisotopic (exact) mass is 287 g/mol. The minimum Gasteiger partial charge on any atom is -0.303 e. The number of hydrogen-bond donors (Lipinski definition) is 0. The number of rotatable bonds is 4. The fourth-order valence-corrected chi connectivity index (χ4v) is 2.26. The standard InChI is InChI=1S/C13H16F3N3O/c14-13(15,16)19-7-5-18(6-8-19)9-11(10-20)12-3-1-2-4-17-12/h1-4,10-11H,5-9H2. The Morgan fingerprint density at radius 1 is 1.25 bits per heavy atom. The van der Waals surface area contributed by atoms with Crippen LogP contribution < -0.4 is 0 Å². The van der Waals surface area contributed by atoms with Crippen molar-refractivity contribution in [3.05, 3.63) is 30.1 Å². The number of aromatic nitrogens is 1. The lowest BCUT2D eigenvalue weighted by Gasteiger charge is -2.36. The Morgan fingerprint density at radius 2 is 1.95 bits per heavy atom. The van der Waals surface area contributed by atoms with Gasteiger partial charge in [0.25, 0.3) is 0 Å². The molecule has 0 N–H and O–H groups in total. The Bertz CT molecular complexity index is 430. The van der Waals surface area contributed by atoms with Crippen LogP contribution in [-0.4, -0.2) is 60.1 Å². The van der Waals surface area contributed by atoms with Crippen molar-refractivity contribution >= 4 is 6.29 Å². The topological polar surface area (TPSA) is 36.4 Å². The van der Waals surface area contributed by atoms with Gasteiger partial charge in [-0.15, -0.1) is 0 Å². The first-order chi connectivity index (χ1) is 9.50. The number of pyridine rings is 1. The molecular formula is C13H16F3N3O. The van der Waals surface area contributed by atoms with Crippen molar-refractivity contribution in [2.24, 2.45) is 0 Å². The van der Waals surface area contributed by atoms with Gasteiger partial charge in [-0.05, 0) is 12.1 Å². The Morgan fingerprint density at radius 3 is 2.45 bits per heavy atom. The predicted octanol–water partition coefficient (Wildman–Crippen LogP) is 1.50. The third-order valence-corrected chi connectivity index (χ3v) is 3.42. The van der Waals surface area contributed by atoms with Crippen molar-refractivity contribution in [1.82, 2.24) is 14.8 Å². The fraction of sp³-hybridized carbons (Fsp3) is 0.538. The molecule has 2 heterocycles. The van der Waals surface area contributed by atoms with E-state index >= 15 is 0 Å². The van der Waals surface area contributed by atoms with Gasteiger partial charge in [-0.1, -0.05) is 6.07 Å². The second-order valence-corrected chi connectivity index (χ2v) is 4.75. The van der Waals surface area contributed by atoms with E-state index < -0.39 is 12.2 Å². The summed E-state index contributed by atoms with van der Waals surface area (Å²) >= 11 is 0. The van der Waals surface area contributed by atoms with Gasteiger partial charge in [0.1, 0.15) is 6.29 Å². The van der Waals surface area contributed by atoms with Crippen molar-refractivity contribution < 1.29 is 18.0 Å². The van der Waals surface area contributed by atoms with Gasteiger partial charge in [-0.3, -0.25) is 9.88 Å². The minimum atomic E-state index is -4.27. The molecule has 1 aromatic heterocycles. The van der Waals surface area contributed by atoms with E-state index in [0.717, 1.165) is 6.29 Å². The lowest BCUT2D eigenvalue weighted by Crippen LogP contribution is -2.52. The maximum Gasteiger partial charge on any atom is 0.460 e. The van der Waals surface area contributed by atoms with E-state index in [9.17, 15) is 18.0 Å². The molecule has 1 aliphatic heterocycles. The van der Waals surface area contributed by atoms with Gasteiger partial charge >= 0.3 is 6.30 Å². The Hall–Kier alpha value is -1.47. The summed E-state index contributed by atoms with van der Waals surface area (Å²) in [4.78, 5) is 17.6. The first-order valence-electron chi connectivity index (χ1n) is 6.41. The predicted molar refractivity (Wildman–Crippen MR) is 67.1 cm³/mol. The van der Waals surface area contributed by atoms with Crippen LogP contribution in [0.4, 0.5) is 13.2 Å². The number of hydrogen-bond acceptors (Lipinski definition) is 4. The molecule has 0 bridgehead atoms. The smallest absolute Gasteiger partial charge is 0.303 e. The SMILES string of the molecule is O=CC(CN1CCN(C(F)(F)F)CC1)c1ccccn1. The van der Waals surface area contributed by atoms with Crippen LogP contribution in [0.2, 0.25) is 0 Å². The highest BCUT2D eigenvalue weighted by Gasteiger charge is 2.38. The molecule has 1 saturated heterocycles. The zero-order valence-electron chi connectivity index (χ0n) is 10.9. The van der Waals surface area contributed by atoms with Crippen LogP contribution in [0, 0.1) is 0 Å². The van der Waals surface area contributed by atoms with E-state index in [-0.39, 0.29) is 13.1 Å². The maximum atomic E-state index is 12.5. The lowest BCUT2D eigenvalue weighted by molar-refractivity contribution is -0.252. The number of piperazine rings is 1. The molecule has 1 aromatic rings. The van der Waals surface area contributed by atoms with Crippen molar-refractivity contribution in [1.29, 1.82) is 0 Å². The number of halogens is 3. The van der Waals surface area contributed by atoms with Crippen LogP contribution in [0.25, 0.3) is 0 Å². The second kappa shape index (κ2) is 6.32. The third-order valence-electron chi connectivity index (χ3n) is 3.42. The Balaban J connectivity index is 1.90. The highest BCUT2D eigenvalue weighted by atomic mass is 19.4. The van der Waals surface area contributed by atoms with E-state index in [1.807, 2.05) is 4.90 Å². The van der Waals surface area contributed by atoms with Gasteiger partial charge in [-0.25, -0.2) is 4.90 Å². The van der Waals surface area contributed by atoms with Crippen molar-refractivity contribution in [2.45, 2.75) is 12.2 Å². The summed E-state index contributed by atoms with van der Waals surface area (Å²) < 4.78 is 37.5. The zero-order chi connectivity index (χ0) is 14.6. The number of carbonyl (C=O) groups is 1. The number of carbonyl (C=O) groups excluding carboxylic acids is 1. The van der Waals surface area contributed by atoms with Crippen molar-refractivity contribution in [3.63, 3.8) is 0 Å². The largest absolute Gasteiger partial charge is 0.460 e. The summed E-state index contributed by atoms with van der Waals surface area (Å²) in [6.45, 7) is 0.897. The van der Waals surface area contributed by atoms with Gasteiger partial charge in [0.2, 0.25) is 0 Å². The lowest BCUT2D eigenvalue weighted by atomic mass is 10.1. The highest BCUT2D eigenvalue weighted by Crippen LogP contribution is 2.23.